The third-order valence-electron chi connectivity index (χ3n) is 3.40. The Morgan fingerprint density at radius 1 is 1.56 bits per heavy atom. The van der Waals surface area contributed by atoms with Gasteiger partial charge in [0.05, 0.1) is 5.69 Å². The lowest BCUT2D eigenvalue weighted by atomic mass is 9.75. The Labute approximate surface area is 97.2 Å². The Hall–Kier alpha value is -1.19. The van der Waals surface area contributed by atoms with Gasteiger partial charge in [-0.3, -0.25) is 4.68 Å². The zero-order chi connectivity index (χ0) is 11.8. The van der Waals surface area contributed by atoms with Crippen molar-refractivity contribution in [1.82, 2.24) is 9.78 Å². The first-order valence-corrected chi connectivity index (χ1v) is 6.02. The van der Waals surface area contributed by atoms with Crippen LogP contribution in [0, 0.1) is 5.41 Å². The summed E-state index contributed by atoms with van der Waals surface area (Å²) >= 11 is 0. The molecule has 1 heterocycles. The summed E-state index contributed by atoms with van der Waals surface area (Å²) in [6, 6.07) is 0.515. The SMILES string of the molecule is Cn1cc(N)c(NC2CCCC(C)(C)C2)n1. The minimum atomic E-state index is 0.444. The zero-order valence-corrected chi connectivity index (χ0v) is 10.5. The molecule has 1 aromatic heterocycles. The summed E-state index contributed by atoms with van der Waals surface area (Å²) < 4.78 is 1.76. The predicted molar refractivity (Wildman–Crippen MR) is 67.3 cm³/mol. The summed E-state index contributed by atoms with van der Waals surface area (Å²) in [5, 5.41) is 7.80. The van der Waals surface area contributed by atoms with Crippen molar-refractivity contribution >= 4 is 11.5 Å². The number of aromatic nitrogens is 2. The van der Waals surface area contributed by atoms with Gasteiger partial charge in [0.2, 0.25) is 0 Å². The number of hydrogen-bond acceptors (Lipinski definition) is 3. The average Bonchev–Trinajstić information content (AvgIpc) is 2.43. The summed E-state index contributed by atoms with van der Waals surface area (Å²) in [7, 11) is 1.90. The molecule has 16 heavy (non-hydrogen) atoms. The number of nitrogens with two attached hydrogens (primary N) is 1. The Morgan fingerprint density at radius 2 is 2.31 bits per heavy atom. The van der Waals surface area contributed by atoms with Gasteiger partial charge in [0, 0.05) is 19.3 Å². The molecule has 0 spiro atoms. The van der Waals surface area contributed by atoms with E-state index in [-0.39, 0.29) is 0 Å². The molecular formula is C12H22N4. The lowest BCUT2D eigenvalue weighted by molar-refractivity contribution is 0.229. The van der Waals surface area contributed by atoms with Gasteiger partial charge in [-0.25, -0.2) is 0 Å². The van der Waals surface area contributed by atoms with Crippen molar-refractivity contribution in [2.24, 2.45) is 12.5 Å². The second-order valence-corrected chi connectivity index (χ2v) is 5.71. The highest BCUT2D eigenvalue weighted by Crippen LogP contribution is 2.36. The molecule has 1 aromatic rings. The number of anilines is 2. The van der Waals surface area contributed by atoms with Crippen LogP contribution in [0.4, 0.5) is 11.5 Å². The van der Waals surface area contributed by atoms with E-state index in [1.54, 1.807) is 4.68 Å². The number of nitrogens with one attached hydrogen (secondary N) is 1. The maximum absolute atomic E-state index is 5.88. The van der Waals surface area contributed by atoms with E-state index in [9.17, 15) is 0 Å². The van der Waals surface area contributed by atoms with E-state index in [0.717, 1.165) is 11.5 Å². The maximum Gasteiger partial charge on any atom is 0.171 e. The molecule has 0 aromatic carbocycles. The number of nitrogen functional groups attached to an aromatic ring is 1. The molecule has 1 fully saturated rings. The van der Waals surface area contributed by atoms with Crippen molar-refractivity contribution in [2.45, 2.75) is 45.6 Å². The summed E-state index contributed by atoms with van der Waals surface area (Å²) in [6.07, 6.45) is 6.87. The van der Waals surface area contributed by atoms with Crippen LogP contribution in [-0.4, -0.2) is 15.8 Å². The van der Waals surface area contributed by atoms with Crippen LogP contribution in [0.5, 0.6) is 0 Å². The molecule has 4 heteroatoms. The summed E-state index contributed by atoms with van der Waals surface area (Å²) in [5.74, 6) is 0.838. The molecule has 0 bridgehead atoms. The van der Waals surface area contributed by atoms with Gasteiger partial charge in [-0.1, -0.05) is 20.3 Å². The average molecular weight is 222 g/mol. The monoisotopic (exact) mass is 222 g/mol. The maximum atomic E-state index is 5.88. The fourth-order valence-electron chi connectivity index (χ4n) is 2.63. The lowest BCUT2D eigenvalue weighted by Crippen LogP contribution is -2.32. The lowest BCUT2D eigenvalue weighted by Gasteiger charge is -2.35. The molecule has 0 amide bonds. The van der Waals surface area contributed by atoms with Crippen LogP contribution in [0.25, 0.3) is 0 Å². The summed E-state index contributed by atoms with van der Waals surface area (Å²) in [4.78, 5) is 0. The smallest absolute Gasteiger partial charge is 0.171 e. The van der Waals surface area contributed by atoms with Gasteiger partial charge in [-0.05, 0) is 24.7 Å². The highest BCUT2D eigenvalue weighted by atomic mass is 15.3. The van der Waals surface area contributed by atoms with Crippen LogP contribution in [0.3, 0.4) is 0 Å². The summed E-state index contributed by atoms with van der Waals surface area (Å²) in [6.45, 7) is 4.67. The first kappa shape index (κ1) is 11.3. The molecule has 90 valence electrons. The first-order valence-electron chi connectivity index (χ1n) is 6.02. The molecule has 0 saturated heterocycles. The third-order valence-corrected chi connectivity index (χ3v) is 3.40. The van der Waals surface area contributed by atoms with E-state index in [1.165, 1.54) is 25.7 Å². The van der Waals surface area contributed by atoms with Gasteiger partial charge in [0.1, 0.15) is 0 Å². The standard InChI is InChI=1S/C12H22N4/c1-12(2)6-4-5-9(7-12)14-11-10(13)8-16(3)15-11/h8-9H,4-7,13H2,1-3H3,(H,14,15). The second kappa shape index (κ2) is 4.00. The van der Waals surface area contributed by atoms with Crippen molar-refractivity contribution in [2.75, 3.05) is 11.1 Å². The quantitative estimate of drug-likeness (QED) is 0.807. The van der Waals surface area contributed by atoms with Crippen LogP contribution in [0.2, 0.25) is 0 Å². The second-order valence-electron chi connectivity index (χ2n) is 5.71. The fraction of sp³-hybridized carbons (Fsp3) is 0.750. The first-order chi connectivity index (χ1) is 7.46. The molecule has 1 aliphatic rings. The highest BCUT2D eigenvalue weighted by Gasteiger charge is 2.28. The molecule has 1 aliphatic carbocycles. The molecule has 4 nitrogen and oxygen atoms in total. The zero-order valence-electron chi connectivity index (χ0n) is 10.5. The molecule has 2 rings (SSSR count). The van der Waals surface area contributed by atoms with Crippen LogP contribution in [-0.2, 0) is 7.05 Å². The van der Waals surface area contributed by atoms with Crippen LogP contribution in [0.15, 0.2) is 6.20 Å². The van der Waals surface area contributed by atoms with Gasteiger partial charge >= 0.3 is 0 Å². The highest BCUT2D eigenvalue weighted by molar-refractivity contribution is 5.60. The van der Waals surface area contributed by atoms with Gasteiger partial charge in [0.25, 0.3) is 0 Å². The van der Waals surface area contributed by atoms with Crippen molar-refractivity contribution in [3.8, 4) is 0 Å². The van der Waals surface area contributed by atoms with Gasteiger partial charge < -0.3 is 11.1 Å². The molecular weight excluding hydrogens is 200 g/mol. The van der Waals surface area contributed by atoms with Crippen LogP contribution < -0.4 is 11.1 Å². The van der Waals surface area contributed by atoms with Crippen molar-refractivity contribution < 1.29 is 0 Å². The molecule has 1 atom stereocenters. The third kappa shape index (κ3) is 2.49. The predicted octanol–water partition coefficient (Wildman–Crippen LogP) is 2.38. The topological polar surface area (TPSA) is 55.9 Å². The fourth-order valence-corrected chi connectivity index (χ4v) is 2.63. The Morgan fingerprint density at radius 3 is 2.88 bits per heavy atom. The van der Waals surface area contributed by atoms with Gasteiger partial charge in [0.15, 0.2) is 5.82 Å². The summed E-state index contributed by atoms with van der Waals surface area (Å²) in [5.41, 5.74) is 7.07. The number of nitrogens with zero attached hydrogens (tertiary/aromatic N) is 2. The van der Waals surface area contributed by atoms with E-state index in [0.29, 0.717) is 11.5 Å². The van der Waals surface area contributed by atoms with E-state index >= 15 is 0 Å². The molecule has 0 aliphatic heterocycles. The van der Waals surface area contributed by atoms with E-state index in [1.807, 2.05) is 13.2 Å². The van der Waals surface area contributed by atoms with E-state index < -0.39 is 0 Å². The van der Waals surface area contributed by atoms with Crippen LogP contribution >= 0.6 is 0 Å². The van der Waals surface area contributed by atoms with Crippen molar-refractivity contribution in [3.05, 3.63) is 6.20 Å². The number of rotatable bonds is 2. The number of hydrogen-bond donors (Lipinski definition) is 2. The Kier molecular flexibility index (Phi) is 2.82. The Bertz CT molecular complexity index is 367. The largest absolute Gasteiger partial charge is 0.394 e. The van der Waals surface area contributed by atoms with Gasteiger partial charge in [-0.2, -0.15) is 5.10 Å². The minimum Gasteiger partial charge on any atom is -0.394 e. The molecule has 3 N–H and O–H groups in total. The van der Waals surface area contributed by atoms with Crippen molar-refractivity contribution in [1.29, 1.82) is 0 Å². The number of aryl methyl sites for hydroxylation is 1. The molecule has 1 saturated carbocycles. The van der Waals surface area contributed by atoms with E-state index in [4.69, 9.17) is 5.73 Å². The molecule has 0 radical (unpaired) electrons. The van der Waals surface area contributed by atoms with E-state index in [2.05, 4.69) is 24.3 Å². The Balaban J connectivity index is 2.02. The minimum absolute atomic E-state index is 0.444. The van der Waals surface area contributed by atoms with Crippen LogP contribution in [0.1, 0.15) is 39.5 Å². The normalized spacial score (nSPS) is 24.3. The van der Waals surface area contributed by atoms with Crippen molar-refractivity contribution in [3.63, 3.8) is 0 Å². The molecule has 1 unspecified atom stereocenters. The van der Waals surface area contributed by atoms with Gasteiger partial charge in [-0.15, -0.1) is 0 Å².